The van der Waals surface area contributed by atoms with Gasteiger partial charge in [-0.1, -0.05) is 34.4 Å². The molecule has 0 aliphatic rings. The Hall–Kier alpha value is -2.44. The van der Waals surface area contributed by atoms with Crippen molar-refractivity contribution in [3.05, 3.63) is 52.0 Å². The first-order valence-electron chi connectivity index (χ1n) is 7.62. The number of hydrogen-bond acceptors (Lipinski definition) is 5. The summed E-state index contributed by atoms with van der Waals surface area (Å²) in [5.41, 5.74) is 1.09. The Morgan fingerprint density at radius 1 is 1.19 bits per heavy atom. The molecule has 0 fully saturated rings. The number of ether oxygens (including phenoxy) is 2. The van der Waals surface area contributed by atoms with E-state index in [1.807, 2.05) is 0 Å². The van der Waals surface area contributed by atoms with E-state index in [2.05, 4.69) is 10.5 Å². The maximum atomic E-state index is 12.2. The zero-order valence-corrected chi connectivity index (χ0v) is 16.0. The first kappa shape index (κ1) is 19.9. The van der Waals surface area contributed by atoms with E-state index in [0.717, 1.165) is 0 Å². The Labute approximate surface area is 161 Å². The molecule has 0 heterocycles. The van der Waals surface area contributed by atoms with E-state index in [4.69, 9.17) is 37.5 Å². The summed E-state index contributed by atoms with van der Waals surface area (Å²) in [5, 5.41) is 7.32. The van der Waals surface area contributed by atoms with Crippen LogP contribution in [0.1, 0.15) is 12.5 Å². The van der Waals surface area contributed by atoms with Gasteiger partial charge in [0.15, 0.2) is 11.5 Å². The number of benzene rings is 2. The predicted molar refractivity (Wildman–Crippen MR) is 103 cm³/mol. The molecule has 2 aromatic rings. The first-order chi connectivity index (χ1) is 12.5. The predicted octanol–water partition coefficient (Wildman–Crippen LogP) is 4.39. The second-order valence-electron chi connectivity index (χ2n) is 5.18. The topological polar surface area (TPSA) is 69.2 Å². The Morgan fingerprint density at radius 3 is 2.62 bits per heavy atom. The number of oxime groups is 1. The fourth-order valence-electron chi connectivity index (χ4n) is 2.07. The zero-order valence-electron chi connectivity index (χ0n) is 14.5. The van der Waals surface area contributed by atoms with Crippen LogP contribution in [0.2, 0.25) is 10.0 Å². The van der Waals surface area contributed by atoms with E-state index in [0.29, 0.717) is 32.8 Å². The molecule has 0 aliphatic heterocycles. The molecule has 2 aromatic carbocycles. The first-order valence-corrected chi connectivity index (χ1v) is 8.38. The number of nitrogens with one attached hydrogen (secondary N) is 1. The number of para-hydroxylation sites is 1. The molecule has 26 heavy (non-hydrogen) atoms. The summed E-state index contributed by atoms with van der Waals surface area (Å²) in [7, 11) is 3.07. The molecular formula is C18H18Cl2N2O4. The van der Waals surface area contributed by atoms with Crippen LogP contribution in [-0.2, 0) is 9.63 Å². The molecule has 1 amide bonds. The van der Waals surface area contributed by atoms with Crippen molar-refractivity contribution in [2.75, 3.05) is 19.5 Å². The van der Waals surface area contributed by atoms with Gasteiger partial charge in [0.1, 0.15) is 0 Å². The third-order valence-electron chi connectivity index (χ3n) is 3.40. The van der Waals surface area contributed by atoms with Crippen molar-refractivity contribution in [2.24, 2.45) is 5.16 Å². The fraction of sp³-hybridized carbons (Fsp3) is 0.222. The molecule has 138 valence electrons. The van der Waals surface area contributed by atoms with Gasteiger partial charge in [0.2, 0.25) is 6.10 Å². The second-order valence-corrected chi connectivity index (χ2v) is 6.02. The molecule has 0 bridgehead atoms. The quantitative estimate of drug-likeness (QED) is 0.556. The van der Waals surface area contributed by atoms with Gasteiger partial charge in [0.05, 0.1) is 31.1 Å². The molecular weight excluding hydrogens is 379 g/mol. The number of anilines is 1. The third kappa shape index (κ3) is 5.03. The minimum Gasteiger partial charge on any atom is -0.493 e. The lowest BCUT2D eigenvalue weighted by Crippen LogP contribution is -2.26. The second kappa shape index (κ2) is 9.31. The molecule has 6 nitrogen and oxygen atoms in total. The fourth-order valence-corrected chi connectivity index (χ4v) is 2.52. The summed E-state index contributed by atoms with van der Waals surface area (Å²) < 4.78 is 10.5. The maximum absolute atomic E-state index is 12.2. The molecule has 8 heteroatoms. The number of amides is 1. The summed E-state index contributed by atoms with van der Waals surface area (Å²) >= 11 is 11.9. The third-order valence-corrected chi connectivity index (χ3v) is 3.95. The summed E-state index contributed by atoms with van der Waals surface area (Å²) in [4.78, 5) is 17.4. The van der Waals surface area contributed by atoms with E-state index in [1.165, 1.54) is 19.4 Å². The van der Waals surface area contributed by atoms with E-state index >= 15 is 0 Å². The van der Waals surface area contributed by atoms with Crippen LogP contribution in [-0.4, -0.2) is 32.4 Å². The summed E-state index contributed by atoms with van der Waals surface area (Å²) in [6.07, 6.45) is 0.607. The molecule has 0 aliphatic carbocycles. The number of hydrogen-bond donors (Lipinski definition) is 1. The van der Waals surface area contributed by atoms with E-state index in [1.54, 1.807) is 44.4 Å². The van der Waals surface area contributed by atoms with Gasteiger partial charge < -0.3 is 19.6 Å². The average Bonchev–Trinajstić information content (AvgIpc) is 2.63. The van der Waals surface area contributed by atoms with Gasteiger partial charge in [-0.3, -0.25) is 4.79 Å². The van der Waals surface area contributed by atoms with Crippen molar-refractivity contribution in [1.82, 2.24) is 0 Å². The Kier molecular flexibility index (Phi) is 7.12. The highest BCUT2D eigenvalue weighted by Gasteiger charge is 2.16. The highest BCUT2D eigenvalue weighted by molar-refractivity contribution is 6.36. The average molecular weight is 397 g/mol. The Morgan fingerprint density at radius 2 is 1.96 bits per heavy atom. The normalized spacial score (nSPS) is 11.9. The number of nitrogens with zero attached hydrogens (tertiary/aromatic N) is 1. The minimum absolute atomic E-state index is 0.336. The maximum Gasteiger partial charge on any atom is 0.268 e. The van der Waals surface area contributed by atoms with Crippen LogP contribution in [0.3, 0.4) is 0 Å². The van der Waals surface area contributed by atoms with Crippen molar-refractivity contribution in [1.29, 1.82) is 0 Å². The van der Waals surface area contributed by atoms with Gasteiger partial charge >= 0.3 is 0 Å². The molecule has 1 atom stereocenters. The van der Waals surface area contributed by atoms with Crippen molar-refractivity contribution in [3.8, 4) is 11.5 Å². The Balaban J connectivity index is 2.00. The van der Waals surface area contributed by atoms with Gasteiger partial charge in [-0.15, -0.1) is 0 Å². The van der Waals surface area contributed by atoms with Gasteiger partial charge in [-0.25, -0.2) is 0 Å². The van der Waals surface area contributed by atoms with Crippen molar-refractivity contribution < 1.29 is 19.1 Å². The number of halogens is 2. The smallest absolute Gasteiger partial charge is 0.268 e. The molecule has 0 spiro atoms. The zero-order chi connectivity index (χ0) is 19.1. The highest BCUT2D eigenvalue weighted by atomic mass is 35.5. The van der Waals surface area contributed by atoms with Crippen LogP contribution in [0.15, 0.2) is 41.6 Å². The van der Waals surface area contributed by atoms with Crippen LogP contribution in [0, 0.1) is 0 Å². The van der Waals surface area contributed by atoms with Crippen molar-refractivity contribution >= 4 is 41.0 Å². The molecule has 2 rings (SSSR count). The van der Waals surface area contributed by atoms with Gasteiger partial charge in [-0.2, -0.15) is 0 Å². The lowest BCUT2D eigenvalue weighted by Gasteiger charge is -2.12. The standard InChI is InChI=1S/C18H18Cl2N2O4/c1-11(18(23)22-15-8-7-13(19)9-14(15)20)26-21-10-12-5-4-6-16(24-2)17(12)25-3/h4-11H,1-3H3,(H,22,23)/b21-10-/t11-/m1/s1. The summed E-state index contributed by atoms with van der Waals surface area (Å²) in [5.74, 6) is 0.691. The van der Waals surface area contributed by atoms with E-state index in [9.17, 15) is 4.79 Å². The number of carbonyl (C=O) groups is 1. The van der Waals surface area contributed by atoms with E-state index in [-0.39, 0.29) is 0 Å². The van der Waals surface area contributed by atoms with Crippen molar-refractivity contribution in [3.63, 3.8) is 0 Å². The number of rotatable bonds is 7. The molecule has 1 N–H and O–H groups in total. The molecule has 0 unspecified atom stereocenters. The summed E-state index contributed by atoms with van der Waals surface area (Å²) in [6.45, 7) is 1.57. The minimum atomic E-state index is -0.838. The molecule has 0 saturated heterocycles. The van der Waals surface area contributed by atoms with Crippen LogP contribution < -0.4 is 14.8 Å². The van der Waals surface area contributed by atoms with Crippen LogP contribution in [0.5, 0.6) is 11.5 Å². The number of carbonyl (C=O) groups excluding carboxylic acids is 1. The van der Waals surface area contributed by atoms with Gasteiger partial charge in [-0.05, 0) is 37.3 Å². The lowest BCUT2D eigenvalue weighted by atomic mass is 10.2. The lowest BCUT2D eigenvalue weighted by molar-refractivity contribution is -0.126. The van der Waals surface area contributed by atoms with E-state index < -0.39 is 12.0 Å². The highest BCUT2D eigenvalue weighted by Crippen LogP contribution is 2.29. The SMILES string of the molecule is COc1cccc(/C=N\O[C@H](C)C(=O)Nc2ccc(Cl)cc2Cl)c1OC. The van der Waals surface area contributed by atoms with Crippen LogP contribution >= 0.6 is 23.2 Å². The van der Waals surface area contributed by atoms with Crippen molar-refractivity contribution in [2.45, 2.75) is 13.0 Å². The monoisotopic (exact) mass is 396 g/mol. The largest absolute Gasteiger partial charge is 0.493 e. The summed E-state index contributed by atoms with van der Waals surface area (Å²) in [6, 6.07) is 10.1. The Bertz CT molecular complexity index is 812. The molecule has 0 radical (unpaired) electrons. The van der Waals surface area contributed by atoms with Gasteiger partial charge in [0, 0.05) is 10.6 Å². The van der Waals surface area contributed by atoms with Gasteiger partial charge in [0.25, 0.3) is 5.91 Å². The van der Waals surface area contributed by atoms with Crippen LogP contribution in [0.25, 0.3) is 0 Å². The van der Waals surface area contributed by atoms with Crippen LogP contribution in [0.4, 0.5) is 5.69 Å². The number of methoxy groups -OCH3 is 2. The molecule has 0 aromatic heterocycles. The molecule has 0 saturated carbocycles.